The van der Waals surface area contributed by atoms with E-state index in [4.69, 9.17) is 5.11 Å². The quantitative estimate of drug-likeness (QED) is 0.530. The zero-order chi connectivity index (χ0) is 19.4. The Balaban J connectivity index is 1.74. The highest BCUT2D eigenvalue weighted by Gasteiger charge is 2.31. The van der Waals surface area contributed by atoms with E-state index in [-0.39, 0.29) is 23.0 Å². The number of rotatable bonds is 6. The summed E-state index contributed by atoms with van der Waals surface area (Å²) >= 11 is 0. The molecule has 0 spiro atoms. The molecule has 0 heterocycles. The average molecular weight is 369 g/mol. The molecule has 3 rings (SSSR count). The number of benzene rings is 2. The molecule has 8 heteroatoms. The molecule has 0 bridgehead atoms. The number of hydrogen-bond donors (Lipinski definition) is 3. The van der Waals surface area contributed by atoms with Gasteiger partial charge in [0.1, 0.15) is 5.69 Å². The van der Waals surface area contributed by atoms with E-state index < -0.39 is 22.7 Å². The van der Waals surface area contributed by atoms with Crippen molar-refractivity contribution in [3.05, 3.63) is 64.2 Å². The number of amides is 1. The van der Waals surface area contributed by atoms with Crippen molar-refractivity contribution in [1.29, 1.82) is 0 Å². The van der Waals surface area contributed by atoms with Crippen LogP contribution in [0.2, 0.25) is 0 Å². The molecule has 1 aliphatic carbocycles. The topological polar surface area (TPSA) is 122 Å². The number of aliphatic carboxylic acids is 1. The Morgan fingerprint density at radius 1 is 1.11 bits per heavy atom. The van der Waals surface area contributed by atoms with Crippen molar-refractivity contribution in [2.45, 2.75) is 25.3 Å². The van der Waals surface area contributed by atoms with Crippen LogP contribution in [0, 0.1) is 16.0 Å². The lowest BCUT2D eigenvalue weighted by Crippen LogP contribution is -2.33. The molecule has 8 nitrogen and oxygen atoms in total. The Bertz CT molecular complexity index is 869. The first-order chi connectivity index (χ1) is 12.9. The lowest BCUT2D eigenvalue weighted by molar-refractivity contribution is -0.383. The summed E-state index contributed by atoms with van der Waals surface area (Å²) < 4.78 is 0. The second-order valence-electron chi connectivity index (χ2n) is 6.50. The van der Waals surface area contributed by atoms with Gasteiger partial charge in [-0.1, -0.05) is 18.2 Å². The van der Waals surface area contributed by atoms with Gasteiger partial charge < -0.3 is 15.7 Å². The molecule has 1 fully saturated rings. The Hall–Kier alpha value is -3.42. The van der Waals surface area contributed by atoms with Crippen LogP contribution >= 0.6 is 0 Å². The zero-order valence-corrected chi connectivity index (χ0v) is 14.4. The summed E-state index contributed by atoms with van der Waals surface area (Å²) in [5, 5.41) is 26.2. The predicted molar refractivity (Wildman–Crippen MR) is 99.1 cm³/mol. The first-order valence-corrected chi connectivity index (χ1v) is 8.58. The number of hydrogen-bond acceptors (Lipinski definition) is 5. The minimum absolute atomic E-state index is 0.166. The smallest absolute Gasteiger partial charge is 0.306 e. The number of anilines is 2. The molecular formula is C19H19N3O5. The molecule has 1 amide bonds. The SMILES string of the molecule is O=C(N[C@H]1CC[C@@H](C(=O)O)C1)c1ccc(Nc2ccccc2)c([N+](=O)[O-])c1. The van der Waals surface area contributed by atoms with Crippen LogP contribution in [-0.4, -0.2) is 27.9 Å². The van der Waals surface area contributed by atoms with Gasteiger partial charge in [-0.15, -0.1) is 0 Å². The number of nitrogens with zero attached hydrogens (tertiary/aromatic N) is 1. The van der Waals surface area contributed by atoms with Crippen molar-refractivity contribution < 1.29 is 19.6 Å². The van der Waals surface area contributed by atoms with Gasteiger partial charge in [-0.25, -0.2) is 0 Å². The fourth-order valence-corrected chi connectivity index (χ4v) is 3.21. The standard InChI is InChI=1S/C19H19N3O5/c23-18(21-15-8-6-13(10-15)19(24)25)12-7-9-16(17(11-12)22(26)27)20-14-4-2-1-3-5-14/h1-5,7,9,11,13,15,20H,6,8,10H2,(H,21,23)(H,24,25)/t13-,15+/m1/s1. The van der Waals surface area contributed by atoms with E-state index in [1.165, 1.54) is 18.2 Å². The largest absolute Gasteiger partial charge is 0.481 e. The zero-order valence-electron chi connectivity index (χ0n) is 14.4. The first kappa shape index (κ1) is 18.4. The van der Waals surface area contributed by atoms with Crippen LogP contribution in [0.3, 0.4) is 0 Å². The van der Waals surface area contributed by atoms with Gasteiger partial charge in [0.2, 0.25) is 0 Å². The molecule has 2 atom stereocenters. The van der Waals surface area contributed by atoms with E-state index in [0.717, 1.165) is 0 Å². The molecule has 1 aliphatic rings. The summed E-state index contributed by atoms with van der Waals surface area (Å²) in [7, 11) is 0. The molecule has 0 unspecified atom stereocenters. The molecule has 0 saturated heterocycles. The van der Waals surface area contributed by atoms with Crippen molar-refractivity contribution in [2.75, 3.05) is 5.32 Å². The molecule has 0 aromatic heterocycles. The van der Waals surface area contributed by atoms with Crippen LogP contribution in [0.1, 0.15) is 29.6 Å². The van der Waals surface area contributed by atoms with Crippen LogP contribution in [0.25, 0.3) is 0 Å². The van der Waals surface area contributed by atoms with E-state index in [1.807, 2.05) is 18.2 Å². The summed E-state index contributed by atoms with van der Waals surface area (Å²) in [5.74, 6) is -1.76. The Labute approximate surface area is 155 Å². The Kier molecular flexibility index (Phi) is 5.35. The third-order valence-corrected chi connectivity index (χ3v) is 4.63. The summed E-state index contributed by atoms with van der Waals surface area (Å²) in [6, 6.07) is 13.0. The van der Waals surface area contributed by atoms with Crippen molar-refractivity contribution in [2.24, 2.45) is 5.92 Å². The number of para-hydroxylation sites is 1. The molecular weight excluding hydrogens is 350 g/mol. The number of carbonyl (C=O) groups is 2. The van der Waals surface area contributed by atoms with Gasteiger partial charge in [0.25, 0.3) is 11.6 Å². The minimum Gasteiger partial charge on any atom is -0.481 e. The van der Waals surface area contributed by atoms with Crippen LogP contribution < -0.4 is 10.6 Å². The number of carbonyl (C=O) groups excluding carboxylic acids is 1. The van der Waals surface area contributed by atoms with E-state index in [2.05, 4.69) is 10.6 Å². The fraction of sp³-hybridized carbons (Fsp3) is 0.263. The summed E-state index contributed by atoms with van der Waals surface area (Å²) in [5.41, 5.74) is 0.943. The van der Waals surface area contributed by atoms with Crippen molar-refractivity contribution in [3.8, 4) is 0 Å². The van der Waals surface area contributed by atoms with Gasteiger partial charge in [-0.05, 0) is 43.5 Å². The normalized spacial score (nSPS) is 18.7. The maximum atomic E-state index is 12.4. The highest BCUT2D eigenvalue weighted by molar-refractivity contribution is 5.96. The maximum Gasteiger partial charge on any atom is 0.306 e. The molecule has 0 aliphatic heterocycles. The van der Waals surface area contributed by atoms with Crippen molar-refractivity contribution >= 4 is 28.9 Å². The van der Waals surface area contributed by atoms with Crippen LogP contribution in [0.5, 0.6) is 0 Å². The van der Waals surface area contributed by atoms with Gasteiger partial charge in [0.05, 0.1) is 10.8 Å². The molecule has 1 saturated carbocycles. The van der Waals surface area contributed by atoms with Gasteiger partial charge in [-0.3, -0.25) is 19.7 Å². The lowest BCUT2D eigenvalue weighted by atomic mass is 10.1. The van der Waals surface area contributed by atoms with E-state index in [1.54, 1.807) is 12.1 Å². The van der Waals surface area contributed by atoms with E-state index >= 15 is 0 Å². The minimum atomic E-state index is -0.862. The fourth-order valence-electron chi connectivity index (χ4n) is 3.21. The van der Waals surface area contributed by atoms with Gasteiger partial charge >= 0.3 is 5.97 Å². The molecule has 3 N–H and O–H groups in total. The second kappa shape index (κ2) is 7.86. The Morgan fingerprint density at radius 2 is 1.85 bits per heavy atom. The summed E-state index contributed by atoms with van der Waals surface area (Å²) in [6.45, 7) is 0. The van der Waals surface area contributed by atoms with Crippen LogP contribution in [0.15, 0.2) is 48.5 Å². The molecule has 2 aromatic carbocycles. The van der Waals surface area contributed by atoms with Gasteiger partial charge in [0, 0.05) is 23.4 Å². The second-order valence-corrected chi connectivity index (χ2v) is 6.50. The maximum absolute atomic E-state index is 12.4. The third kappa shape index (κ3) is 4.41. The van der Waals surface area contributed by atoms with Crippen LogP contribution in [0.4, 0.5) is 17.1 Å². The first-order valence-electron chi connectivity index (χ1n) is 8.58. The van der Waals surface area contributed by atoms with Crippen molar-refractivity contribution in [1.82, 2.24) is 5.32 Å². The highest BCUT2D eigenvalue weighted by atomic mass is 16.6. The average Bonchev–Trinajstić information content (AvgIpc) is 3.11. The number of nitrogens with one attached hydrogen (secondary N) is 2. The monoisotopic (exact) mass is 369 g/mol. The predicted octanol–water partition coefficient (Wildman–Crippen LogP) is 3.32. The molecule has 2 aromatic rings. The van der Waals surface area contributed by atoms with Gasteiger partial charge in [0.15, 0.2) is 0 Å². The number of nitro benzene ring substituents is 1. The third-order valence-electron chi connectivity index (χ3n) is 4.63. The molecule has 27 heavy (non-hydrogen) atoms. The number of carboxylic acids is 1. The summed E-state index contributed by atoms with van der Waals surface area (Å²) in [4.78, 5) is 34.3. The lowest BCUT2D eigenvalue weighted by Gasteiger charge is -2.13. The highest BCUT2D eigenvalue weighted by Crippen LogP contribution is 2.29. The van der Waals surface area contributed by atoms with E-state index in [0.29, 0.717) is 24.9 Å². The van der Waals surface area contributed by atoms with Crippen LogP contribution in [-0.2, 0) is 4.79 Å². The van der Waals surface area contributed by atoms with E-state index in [9.17, 15) is 19.7 Å². The Morgan fingerprint density at radius 3 is 2.48 bits per heavy atom. The molecule has 140 valence electrons. The molecule has 0 radical (unpaired) electrons. The number of nitro groups is 1. The van der Waals surface area contributed by atoms with Crippen molar-refractivity contribution in [3.63, 3.8) is 0 Å². The summed E-state index contributed by atoms with van der Waals surface area (Å²) in [6.07, 6.45) is 1.47. The van der Waals surface area contributed by atoms with Gasteiger partial charge in [-0.2, -0.15) is 0 Å². The number of carboxylic acid groups (broad SMARTS) is 1.